The number of hydrogen-bond acceptors (Lipinski definition) is 5. The van der Waals surface area contributed by atoms with Crippen LogP contribution in [0.2, 0.25) is 0 Å². The van der Waals surface area contributed by atoms with E-state index in [4.69, 9.17) is 5.84 Å². The van der Waals surface area contributed by atoms with Gasteiger partial charge >= 0.3 is 0 Å². The summed E-state index contributed by atoms with van der Waals surface area (Å²) in [5.74, 6) is 6.45. The van der Waals surface area contributed by atoms with Crippen molar-refractivity contribution in [3.63, 3.8) is 0 Å². The number of amides is 1. The molecular weight excluding hydrogens is 274 g/mol. The lowest BCUT2D eigenvalue weighted by atomic mass is 10.1. The van der Waals surface area contributed by atoms with Crippen molar-refractivity contribution in [1.82, 2.24) is 19.8 Å². The minimum Gasteiger partial charge on any atom is -0.348 e. The van der Waals surface area contributed by atoms with E-state index in [0.717, 1.165) is 5.56 Å². The maximum absolute atomic E-state index is 12.4. The van der Waals surface area contributed by atoms with E-state index < -0.39 is 5.25 Å². The van der Waals surface area contributed by atoms with Crippen LogP contribution in [0.5, 0.6) is 0 Å². The van der Waals surface area contributed by atoms with Gasteiger partial charge in [-0.2, -0.15) is 0 Å². The van der Waals surface area contributed by atoms with E-state index in [0.29, 0.717) is 11.0 Å². The number of hydrogen-bond donors (Lipinski definition) is 1. The maximum Gasteiger partial charge on any atom is 0.240 e. The highest BCUT2D eigenvalue weighted by Crippen LogP contribution is 2.34. The molecule has 0 spiro atoms. The fourth-order valence-electron chi connectivity index (χ4n) is 1.66. The second-order valence-electron chi connectivity index (χ2n) is 4.54. The summed E-state index contributed by atoms with van der Waals surface area (Å²) in [4.78, 5) is 13.9. The first-order chi connectivity index (χ1) is 9.50. The molecule has 0 fully saturated rings. The minimum absolute atomic E-state index is 0.0122. The van der Waals surface area contributed by atoms with Crippen LogP contribution in [0, 0.1) is 6.92 Å². The molecule has 2 rings (SSSR count). The SMILES string of the molecule is Cc1nnc(S[C@@H](C(=O)N(C)C)c2ccccc2)n1N. The van der Waals surface area contributed by atoms with Crippen molar-refractivity contribution in [2.75, 3.05) is 19.9 Å². The van der Waals surface area contributed by atoms with Crippen molar-refractivity contribution in [3.05, 3.63) is 41.7 Å². The molecule has 7 heteroatoms. The number of aromatic nitrogens is 3. The summed E-state index contributed by atoms with van der Waals surface area (Å²) in [6, 6.07) is 9.57. The predicted octanol–water partition coefficient (Wildman–Crippen LogP) is 1.22. The Labute approximate surface area is 121 Å². The Hall–Kier alpha value is -2.02. The third kappa shape index (κ3) is 2.93. The Kier molecular flexibility index (Phi) is 4.29. The van der Waals surface area contributed by atoms with Gasteiger partial charge in [0.05, 0.1) is 0 Å². The second-order valence-corrected chi connectivity index (χ2v) is 5.61. The molecule has 1 heterocycles. The van der Waals surface area contributed by atoms with Crippen molar-refractivity contribution < 1.29 is 4.79 Å². The molecule has 1 atom stereocenters. The number of nitrogens with zero attached hydrogens (tertiary/aromatic N) is 4. The lowest BCUT2D eigenvalue weighted by molar-refractivity contribution is -0.128. The van der Waals surface area contributed by atoms with E-state index >= 15 is 0 Å². The van der Waals surface area contributed by atoms with Crippen LogP contribution in [0.1, 0.15) is 16.6 Å². The van der Waals surface area contributed by atoms with Gasteiger partial charge in [-0.05, 0) is 12.5 Å². The van der Waals surface area contributed by atoms with Crippen molar-refractivity contribution in [3.8, 4) is 0 Å². The summed E-state index contributed by atoms with van der Waals surface area (Å²) in [6.45, 7) is 1.77. The molecule has 0 aliphatic heterocycles. The number of nitrogens with two attached hydrogens (primary N) is 1. The largest absolute Gasteiger partial charge is 0.348 e. The van der Waals surface area contributed by atoms with E-state index in [9.17, 15) is 4.79 Å². The van der Waals surface area contributed by atoms with Crippen molar-refractivity contribution in [2.24, 2.45) is 0 Å². The molecule has 1 amide bonds. The number of likely N-dealkylation sites (N-methyl/N-ethyl adjacent to an activating group) is 1. The zero-order valence-electron chi connectivity index (χ0n) is 11.6. The average molecular weight is 291 g/mol. The van der Waals surface area contributed by atoms with E-state index in [1.54, 1.807) is 25.9 Å². The van der Waals surface area contributed by atoms with Gasteiger partial charge in [0.2, 0.25) is 11.1 Å². The lowest BCUT2D eigenvalue weighted by Crippen LogP contribution is -2.27. The van der Waals surface area contributed by atoms with Gasteiger partial charge in [-0.25, -0.2) is 4.68 Å². The molecule has 6 nitrogen and oxygen atoms in total. The minimum atomic E-state index is -0.392. The van der Waals surface area contributed by atoms with Crippen LogP contribution < -0.4 is 5.84 Å². The van der Waals surface area contributed by atoms with Crippen LogP contribution in [0.4, 0.5) is 0 Å². The molecule has 0 aliphatic carbocycles. The summed E-state index contributed by atoms with van der Waals surface area (Å²) in [5, 5.41) is 8.04. The summed E-state index contributed by atoms with van der Waals surface area (Å²) >= 11 is 1.30. The number of thioether (sulfide) groups is 1. The molecule has 0 saturated heterocycles. The van der Waals surface area contributed by atoms with E-state index in [-0.39, 0.29) is 5.91 Å². The van der Waals surface area contributed by atoms with Gasteiger partial charge in [0, 0.05) is 14.1 Å². The molecule has 2 N–H and O–H groups in total. The van der Waals surface area contributed by atoms with E-state index in [2.05, 4.69) is 10.2 Å². The summed E-state index contributed by atoms with van der Waals surface area (Å²) in [6.07, 6.45) is 0. The van der Waals surface area contributed by atoms with Crippen LogP contribution >= 0.6 is 11.8 Å². The molecule has 0 saturated carbocycles. The zero-order chi connectivity index (χ0) is 14.7. The Morgan fingerprint density at radius 1 is 1.30 bits per heavy atom. The average Bonchev–Trinajstić information content (AvgIpc) is 2.76. The molecule has 2 aromatic rings. The maximum atomic E-state index is 12.4. The van der Waals surface area contributed by atoms with Gasteiger partial charge in [-0.15, -0.1) is 10.2 Å². The van der Waals surface area contributed by atoms with Gasteiger partial charge in [0.15, 0.2) is 0 Å². The molecule has 0 unspecified atom stereocenters. The first kappa shape index (κ1) is 14.4. The number of carbonyl (C=O) groups is 1. The number of aryl methyl sites for hydroxylation is 1. The van der Waals surface area contributed by atoms with Gasteiger partial charge in [-0.3, -0.25) is 4.79 Å². The molecule has 0 radical (unpaired) electrons. The Morgan fingerprint density at radius 3 is 2.45 bits per heavy atom. The zero-order valence-corrected chi connectivity index (χ0v) is 12.5. The first-order valence-corrected chi connectivity index (χ1v) is 6.98. The van der Waals surface area contributed by atoms with E-state index in [1.165, 1.54) is 16.4 Å². The fourth-order valence-corrected chi connectivity index (χ4v) is 2.81. The fraction of sp³-hybridized carbons (Fsp3) is 0.308. The Morgan fingerprint density at radius 2 is 1.95 bits per heavy atom. The monoisotopic (exact) mass is 291 g/mol. The predicted molar refractivity (Wildman–Crippen MR) is 78.6 cm³/mol. The number of nitrogen functional groups attached to an aromatic ring is 1. The molecule has 1 aromatic carbocycles. The lowest BCUT2D eigenvalue weighted by Gasteiger charge is -2.19. The van der Waals surface area contributed by atoms with Crippen LogP contribution in [0.3, 0.4) is 0 Å². The van der Waals surface area contributed by atoms with Gasteiger partial charge in [0.25, 0.3) is 0 Å². The van der Waals surface area contributed by atoms with E-state index in [1.807, 2.05) is 30.3 Å². The topological polar surface area (TPSA) is 77.0 Å². The Balaban J connectivity index is 2.33. The van der Waals surface area contributed by atoms with Crippen molar-refractivity contribution in [1.29, 1.82) is 0 Å². The smallest absolute Gasteiger partial charge is 0.240 e. The quantitative estimate of drug-likeness (QED) is 0.677. The standard InChI is InChI=1S/C13H17N5OS/c1-9-15-16-13(18(9)14)20-11(12(19)17(2)3)10-7-5-4-6-8-10/h4-8,11H,14H2,1-3H3/t11-/m1/s1. The Bertz CT molecular complexity index is 596. The number of carbonyl (C=O) groups excluding carboxylic acids is 1. The summed E-state index contributed by atoms with van der Waals surface area (Å²) < 4.78 is 1.39. The van der Waals surface area contributed by atoms with Crippen molar-refractivity contribution in [2.45, 2.75) is 17.3 Å². The number of rotatable bonds is 4. The third-order valence-corrected chi connectivity index (χ3v) is 4.02. The van der Waals surface area contributed by atoms with Crippen LogP contribution in [-0.2, 0) is 4.79 Å². The second kappa shape index (κ2) is 5.96. The molecule has 20 heavy (non-hydrogen) atoms. The van der Waals surface area contributed by atoms with Gasteiger partial charge < -0.3 is 10.7 Å². The molecule has 0 aliphatic rings. The van der Waals surface area contributed by atoms with Crippen LogP contribution in [0.15, 0.2) is 35.5 Å². The highest BCUT2D eigenvalue weighted by molar-refractivity contribution is 8.00. The molecular formula is C13H17N5OS. The molecule has 0 bridgehead atoms. The van der Waals surface area contributed by atoms with Crippen LogP contribution in [0.25, 0.3) is 0 Å². The summed E-state index contributed by atoms with van der Waals surface area (Å²) in [7, 11) is 3.47. The van der Waals surface area contributed by atoms with Gasteiger partial charge in [0.1, 0.15) is 11.1 Å². The van der Waals surface area contributed by atoms with Crippen LogP contribution in [-0.4, -0.2) is 39.8 Å². The summed E-state index contributed by atoms with van der Waals surface area (Å²) in [5.41, 5.74) is 0.914. The van der Waals surface area contributed by atoms with Crippen molar-refractivity contribution >= 4 is 17.7 Å². The normalized spacial score (nSPS) is 12.2. The first-order valence-electron chi connectivity index (χ1n) is 6.10. The highest BCUT2D eigenvalue weighted by atomic mass is 32.2. The highest BCUT2D eigenvalue weighted by Gasteiger charge is 2.25. The molecule has 1 aromatic heterocycles. The van der Waals surface area contributed by atoms with Gasteiger partial charge in [-0.1, -0.05) is 42.1 Å². The number of benzene rings is 1. The third-order valence-electron chi connectivity index (χ3n) is 2.83. The molecule has 106 valence electrons.